The summed E-state index contributed by atoms with van der Waals surface area (Å²) in [6.07, 6.45) is 0.325. The molecule has 0 spiro atoms. The highest BCUT2D eigenvalue weighted by atomic mass is 35.5. The van der Waals surface area contributed by atoms with Gasteiger partial charge in [-0.2, -0.15) is 0 Å². The average molecular weight is 450 g/mol. The number of sulfonamides is 1. The predicted molar refractivity (Wildman–Crippen MR) is 111 cm³/mol. The first kappa shape index (κ1) is 21.9. The molecule has 1 atom stereocenters. The second-order valence-electron chi connectivity index (χ2n) is 6.92. The van der Waals surface area contributed by atoms with E-state index in [9.17, 15) is 22.8 Å². The van der Waals surface area contributed by atoms with Gasteiger partial charge in [-0.3, -0.25) is 14.4 Å². The summed E-state index contributed by atoms with van der Waals surface area (Å²) in [5.41, 5.74) is 1.12. The number of nitrogens with zero attached hydrogens (tertiary/aromatic N) is 2. The van der Waals surface area contributed by atoms with Gasteiger partial charge in [-0.25, -0.2) is 18.5 Å². The molecule has 2 N–H and O–H groups in total. The van der Waals surface area contributed by atoms with Gasteiger partial charge in [0.25, 0.3) is 5.91 Å². The second kappa shape index (κ2) is 8.55. The Balaban J connectivity index is 1.79. The molecule has 2 aromatic carbocycles. The smallest absolute Gasteiger partial charge is 0.257 e. The fourth-order valence-electron chi connectivity index (χ4n) is 3.39. The van der Waals surface area contributed by atoms with Crippen LogP contribution in [0.5, 0.6) is 0 Å². The SMILES string of the molecule is CC(=O)N(CCc1cccc(Cl)c1)C1CC(=O)N(c2ccc(S(N)(=O)=O)cc2)C1=O. The first-order valence-electron chi connectivity index (χ1n) is 9.09. The number of carbonyl (C=O) groups excluding carboxylic acids is 3. The van der Waals surface area contributed by atoms with Gasteiger partial charge in [-0.05, 0) is 48.4 Å². The monoisotopic (exact) mass is 449 g/mol. The molecule has 8 nitrogen and oxygen atoms in total. The topological polar surface area (TPSA) is 118 Å². The Hall–Kier alpha value is -2.75. The van der Waals surface area contributed by atoms with Crippen LogP contribution in [0.1, 0.15) is 18.9 Å². The molecular formula is C20H20ClN3O5S. The van der Waals surface area contributed by atoms with Crippen LogP contribution in [0.25, 0.3) is 0 Å². The van der Waals surface area contributed by atoms with Crippen molar-refractivity contribution in [3.63, 3.8) is 0 Å². The third-order valence-electron chi connectivity index (χ3n) is 4.86. The third-order valence-corrected chi connectivity index (χ3v) is 6.02. The van der Waals surface area contributed by atoms with Gasteiger partial charge in [-0.15, -0.1) is 0 Å². The minimum atomic E-state index is -3.89. The molecule has 158 valence electrons. The Morgan fingerprint density at radius 2 is 1.87 bits per heavy atom. The molecule has 1 aliphatic heterocycles. The van der Waals surface area contributed by atoms with Crippen LogP contribution in [0.3, 0.4) is 0 Å². The van der Waals surface area contributed by atoms with E-state index in [0.717, 1.165) is 10.5 Å². The van der Waals surface area contributed by atoms with Crippen LogP contribution >= 0.6 is 11.6 Å². The van der Waals surface area contributed by atoms with Crippen molar-refractivity contribution in [2.45, 2.75) is 30.7 Å². The number of rotatable bonds is 6. The van der Waals surface area contributed by atoms with Crippen molar-refractivity contribution >= 4 is 45.0 Å². The Kier molecular flexibility index (Phi) is 6.25. The molecule has 1 fully saturated rings. The van der Waals surface area contributed by atoms with E-state index in [1.165, 1.54) is 36.1 Å². The summed E-state index contributed by atoms with van der Waals surface area (Å²) < 4.78 is 22.8. The number of carbonyl (C=O) groups is 3. The quantitative estimate of drug-likeness (QED) is 0.673. The van der Waals surface area contributed by atoms with Gasteiger partial charge >= 0.3 is 0 Å². The lowest BCUT2D eigenvalue weighted by Crippen LogP contribution is -2.45. The van der Waals surface area contributed by atoms with Crippen molar-refractivity contribution < 1.29 is 22.8 Å². The maximum atomic E-state index is 13.0. The normalized spacial score (nSPS) is 16.8. The summed E-state index contributed by atoms with van der Waals surface area (Å²) in [4.78, 5) is 39.9. The number of amides is 3. The zero-order valence-corrected chi connectivity index (χ0v) is 17.7. The van der Waals surface area contributed by atoms with Crippen LogP contribution in [-0.2, 0) is 30.8 Å². The number of hydrogen-bond donors (Lipinski definition) is 1. The summed E-state index contributed by atoms with van der Waals surface area (Å²) >= 11 is 5.99. The Labute approximate surface area is 179 Å². The van der Waals surface area contributed by atoms with Crippen LogP contribution in [0.4, 0.5) is 5.69 Å². The van der Waals surface area contributed by atoms with Crippen molar-refractivity contribution in [1.82, 2.24) is 4.90 Å². The van der Waals surface area contributed by atoms with E-state index in [1.807, 2.05) is 6.07 Å². The summed E-state index contributed by atoms with van der Waals surface area (Å²) in [6, 6.07) is 11.4. The number of hydrogen-bond acceptors (Lipinski definition) is 5. The minimum absolute atomic E-state index is 0.131. The molecule has 1 unspecified atom stereocenters. The number of benzene rings is 2. The zero-order valence-electron chi connectivity index (χ0n) is 16.1. The number of nitrogens with two attached hydrogens (primary N) is 1. The Morgan fingerprint density at radius 1 is 1.20 bits per heavy atom. The molecule has 3 rings (SSSR count). The van der Waals surface area contributed by atoms with Crippen molar-refractivity contribution in [2.75, 3.05) is 11.4 Å². The number of primary sulfonamides is 1. The largest absolute Gasteiger partial charge is 0.330 e. The lowest BCUT2D eigenvalue weighted by atomic mass is 10.1. The van der Waals surface area contributed by atoms with E-state index in [0.29, 0.717) is 11.4 Å². The summed E-state index contributed by atoms with van der Waals surface area (Å²) in [7, 11) is -3.89. The number of imide groups is 1. The molecule has 1 aliphatic rings. The highest BCUT2D eigenvalue weighted by Crippen LogP contribution is 2.27. The van der Waals surface area contributed by atoms with Gasteiger partial charge in [0.1, 0.15) is 6.04 Å². The number of anilines is 1. The van der Waals surface area contributed by atoms with Crippen molar-refractivity contribution in [2.24, 2.45) is 5.14 Å². The molecule has 0 aliphatic carbocycles. The average Bonchev–Trinajstić information content (AvgIpc) is 2.95. The van der Waals surface area contributed by atoms with Crippen LogP contribution in [-0.4, -0.2) is 43.6 Å². The van der Waals surface area contributed by atoms with E-state index >= 15 is 0 Å². The van der Waals surface area contributed by atoms with Gasteiger partial charge < -0.3 is 4.90 Å². The Bertz CT molecular complexity index is 1100. The fourth-order valence-corrected chi connectivity index (χ4v) is 4.12. The highest BCUT2D eigenvalue weighted by molar-refractivity contribution is 7.89. The first-order chi connectivity index (χ1) is 14.1. The van der Waals surface area contributed by atoms with Gasteiger partial charge in [0.05, 0.1) is 17.0 Å². The zero-order chi connectivity index (χ0) is 22.1. The van der Waals surface area contributed by atoms with Crippen LogP contribution in [0.15, 0.2) is 53.4 Å². The third kappa shape index (κ3) is 4.69. The lowest BCUT2D eigenvalue weighted by Gasteiger charge is -2.26. The fraction of sp³-hybridized carbons (Fsp3) is 0.250. The second-order valence-corrected chi connectivity index (χ2v) is 8.92. The van der Waals surface area contributed by atoms with Crippen LogP contribution in [0.2, 0.25) is 5.02 Å². The van der Waals surface area contributed by atoms with Crippen LogP contribution in [0, 0.1) is 0 Å². The molecule has 2 aromatic rings. The van der Waals surface area contributed by atoms with Crippen molar-refractivity contribution in [3.8, 4) is 0 Å². The highest BCUT2D eigenvalue weighted by Gasteiger charge is 2.43. The molecular weight excluding hydrogens is 430 g/mol. The van der Waals surface area contributed by atoms with E-state index < -0.39 is 27.9 Å². The first-order valence-corrected chi connectivity index (χ1v) is 11.0. The standard InChI is InChI=1S/C20H20ClN3O5S/c1-13(25)23(10-9-14-3-2-4-15(21)11-14)18-12-19(26)24(20(18)27)16-5-7-17(8-6-16)30(22,28)29/h2-8,11,18H,9-10,12H2,1H3,(H2,22,28,29). The molecule has 0 bridgehead atoms. The van der Waals surface area contributed by atoms with Crippen LogP contribution < -0.4 is 10.0 Å². The van der Waals surface area contributed by atoms with E-state index in [1.54, 1.807) is 18.2 Å². The van der Waals surface area contributed by atoms with Crippen molar-refractivity contribution in [1.29, 1.82) is 0 Å². The molecule has 30 heavy (non-hydrogen) atoms. The van der Waals surface area contributed by atoms with Gasteiger partial charge in [0.2, 0.25) is 21.8 Å². The summed E-state index contributed by atoms with van der Waals surface area (Å²) in [6.45, 7) is 1.59. The predicted octanol–water partition coefficient (Wildman–Crippen LogP) is 1.71. The molecule has 1 heterocycles. The summed E-state index contributed by atoms with van der Waals surface area (Å²) in [5, 5.41) is 5.65. The van der Waals surface area contributed by atoms with Gasteiger partial charge in [0.15, 0.2) is 0 Å². The summed E-state index contributed by atoms with van der Waals surface area (Å²) in [5.74, 6) is -1.33. The molecule has 0 aromatic heterocycles. The van der Waals surface area contributed by atoms with Gasteiger partial charge in [-0.1, -0.05) is 23.7 Å². The number of halogens is 1. The molecule has 10 heteroatoms. The maximum absolute atomic E-state index is 13.0. The molecule has 0 radical (unpaired) electrons. The molecule has 3 amide bonds. The van der Waals surface area contributed by atoms with E-state index in [-0.39, 0.29) is 29.5 Å². The molecule has 1 saturated heterocycles. The van der Waals surface area contributed by atoms with E-state index in [2.05, 4.69) is 0 Å². The van der Waals surface area contributed by atoms with Gasteiger partial charge in [0, 0.05) is 18.5 Å². The van der Waals surface area contributed by atoms with E-state index in [4.69, 9.17) is 16.7 Å². The maximum Gasteiger partial charge on any atom is 0.257 e. The lowest BCUT2D eigenvalue weighted by molar-refractivity contribution is -0.136. The van der Waals surface area contributed by atoms with Crippen molar-refractivity contribution in [3.05, 3.63) is 59.1 Å². The Morgan fingerprint density at radius 3 is 2.43 bits per heavy atom. The molecule has 0 saturated carbocycles. The minimum Gasteiger partial charge on any atom is -0.330 e.